The number of carboxylic acids is 1. The number of aryl methyl sites for hydroxylation is 1. The number of aromatic amines is 1. The van der Waals surface area contributed by atoms with Crippen LogP contribution in [0, 0.1) is 11.3 Å². The lowest BCUT2D eigenvalue weighted by atomic mass is 10.1. The highest BCUT2D eigenvalue weighted by atomic mass is 16.4. The first kappa shape index (κ1) is 25.3. The Hall–Kier alpha value is -4.94. The van der Waals surface area contributed by atoms with Crippen molar-refractivity contribution in [2.45, 2.75) is 12.8 Å². The number of anilines is 1. The van der Waals surface area contributed by atoms with Crippen LogP contribution in [0.3, 0.4) is 0 Å². The third kappa shape index (κ3) is 4.93. The number of nitrogens with one attached hydrogen (secondary N) is 1. The number of piperazine rings is 1. The van der Waals surface area contributed by atoms with Crippen molar-refractivity contribution in [1.29, 1.82) is 5.26 Å². The van der Waals surface area contributed by atoms with E-state index in [2.05, 4.69) is 32.0 Å². The minimum Gasteiger partial charge on any atom is -0.477 e. The first-order valence-corrected chi connectivity index (χ1v) is 13.3. The molecule has 5 aromatic rings. The van der Waals surface area contributed by atoms with Gasteiger partial charge in [-0.3, -0.25) is 14.3 Å². The average molecular weight is 533 g/mol. The van der Waals surface area contributed by atoms with Crippen molar-refractivity contribution in [3.63, 3.8) is 0 Å². The van der Waals surface area contributed by atoms with Gasteiger partial charge in [0, 0.05) is 60.9 Å². The Bertz CT molecular complexity index is 1810. The highest BCUT2D eigenvalue weighted by molar-refractivity contribution is 5.89. The molecule has 9 heteroatoms. The number of aromatic nitrogens is 3. The summed E-state index contributed by atoms with van der Waals surface area (Å²) in [5, 5.41) is 19.9. The molecule has 9 nitrogen and oxygen atoms in total. The minimum atomic E-state index is -1.12. The standard InChI is InChI=1S/C31H28N6O3/c32-19-21-3-9-27-26(18-21)22(20-33-27)2-1-12-35-14-16-36(17-15-35)23-4-6-24(7-5-23)37-13-11-28-25(30(37)38)8-10-29(34-28)31(39)40/h3-11,13,18,20,33H,1-2,12,14-17H2,(H,39,40). The van der Waals surface area contributed by atoms with Crippen molar-refractivity contribution in [2.75, 3.05) is 37.6 Å². The van der Waals surface area contributed by atoms with Gasteiger partial charge in [-0.2, -0.15) is 5.26 Å². The SMILES string of the molecule is N#Cc1ccc2[nH]cc(CCCN3CCN(c4ccc(-n5ccc6nc(C(=O)O)ccc6c5=O)cc4)CC3)c2c1. The first-order valence-electron chi connectivity index (χ1n) is 13.3. The topological polar surface area (TPSA) is 118 Å². The van der Waals surface area contributed by atoms with E-state index >= 15 is 0 Å². The molecule has 0 radical (unpaired) electrons. The number of fused-ring (bicyclic) bond motifs is 2. The van der Waals surface area contributed by atoms with E-state index in [-0.39, 0.29) is 11.3 Å². The Labute approximate surface area is 230 Å². The van der Waals surface area contributed by atoms with Crippen LogP contribution in [0.5, 0.6) is 0 Å². The van der Waals surface area contributed by atoms with Crippen LogP contribution >= 0.6 is 0 Å². The van der Waals surface area contributed by atoms with Crippen molar-refractivity contribution in [1.82, 2.24) is 19.4 Å². The lowest BCUT2D eigenvalue weighted by molar-refractivity contribution is 0.0691. The molecule has 1 saturated heterocycles. The summed E-state index contributed by atoms with van der Waals surface area (Å²) in [4.78, 5) is 36.5. The number of nitrogens with zero attached hydrogens (tertiary/aromatic N) is 5. The molecule has 0 aliphatic carbocycles. The summed E-state index contributed by atoms with van der Waals surface area (Å²) in [5.74, 6) is -1.12. The fourth-order valence-corrected chi connectivity index (χ4v) is 5.45. The number of nitriles is 1. The van der Waals surface area contributed by atoms with Gasteiger partial charge in [0.05, 0.1) is 22.5 Å². The molecule has 200 valence electrons. The summed E-state index contributed by atoms with van der Waals surface area (Å²) in [6, 6.07) is 20.5. The minimum absolute atomic E-state index is 0.0847. The van der Waals surface area contributed by atoms with Gasteiger partial charge in [0.25, 0.3) is 5.56 Å². The maximum Gasteiger partial charge on any atom is 0.354 e. The number of rotatable bonds is 7. The molecule has 2 aromatic carbocycles. The van der Waals surface area contributed by atoms with Crippen LogP contribution in [0.4, 0.5) is 5.69 Å². The second-order valence-corrected chi connectivity index (χ2v) is 10.1. The van der Waals surface area contributed by atoms with E-state index in [1.54, 1.807) is 16.8 Å². The second-order valence-electron chi connectivity index (χ2n) is 10.1. The average Bonchev–Trinajstić information content (AvgIpc) is 3.39. The molecule has 6 rings (SSSR count). The predicted octanol–water partition coefficient (Wildman–Crippen LogP) is 4.19. The summed E-state index contributed by atoms with van der Waals surface area (Å²) >= 11 is 0. The zero-order chi connectivity index (χ0) is 27.6. The number of carboxylic acid groups (broad SMARTS) is 1. The van der Waals surface area contributed by atoms with E-state index < -0.39 is 5.97 Å². The Morgan fingerprint density at radius 2 is 1.75 bits per heavy atom. The van der Waals surface area contributed by atoms with Crippen LogP contribution in [0.15, 0.2) is 77.9 Å². The number of pyridine rings is 2. The van der Waals surface area contributed by atoms with Crippen LogP contribution in [-0.4, -0.2) is 63.2 Å². The van der Waals surface area contributed by atoms with Crippen molar-refractivity contribution in [3.8, 4) is 11.8 Å². The molecule has 0 bridgehead atoms. The predicted molar refractivity (Wildman–Crippen MR) is 154 cm³/mol. The molecule has 1 aliphatic rings. The van der Waals surface area contributed by atoms with Gasteiger partial charge in [0.1, 0.15) is 5.69 Å². The van der Waals surface area contributed by atoms with E-state index in [4.69, 9.17) is 5.11 Å². The highest BCUT2D eigenvalue weighted by Crippen LogP contribution is 2.22. The van der Waals surface area contributed by atoms with Crippen LogP contribution in [0.25, 0.3) is 27.5 Å². The number of carbonyl (C=O) groups is 1. The number of aromatic carboxylic acids is 1. The van der Waals surface area contributed by atoms with Crippen molar-refractivity contribution >= 4 is 33.5 Å². The number of H-pyrrole nitrogens is 1. The van der Waals surface area contributed by atoms with Gasteiger partial charge in [-0.25, -0.2) is 9.78 Å². The zero-order valence-corrected chi connectivity index (χ0v) is 21.9. The Kier molecular flexibility index (Phi) is 6.76. The summed E-state index contributed by atoms with van der Waals surface area (Å²) in [6.07, 6.45) is 5.73. The van der Waals surface area contributed by atoms with Crippen LogP contribution in [0.2, 0.25) is 0 Å². The van der Waals surface area contributed by atoms with Crippen LogP contribution in [0.1, 0.15) is 28.0 Å². The summed E-state index contributed by atoms with van der Waals surface area (Å²) < 4.78 is 1.56. The lowest BCUT2D eigenvalue weighted by Crippen LogP contribution is -2.46. The third-order valence-electron chi connectivity index (χ3n) is 7.66. The summed E-state index contributed by atoms with van der Waals surface area (Å²) in [7, 11) is 0. The molecule has 1 aliphatic heterocycles. The molecule has 0 amide bonds. The Morgan fingerprint density at radius 1 is 0.975 bits per heavy atom. The van der Waals surface area contributed by atoms with Gasteiger partial charge in [0.2, 0.25) is 0 Å². The van der Waals surface area contributed by atoms with E-state index in [0.29, 0.717) is 16.5 Å². The zero-order valence-electron chi connectivity index (χ0n) is 21.9. The number of benzene rings is 2. The molecule has 0 atom stereocenters. The van der Waals surface area contributed by atoms with E-state index in [1.165, 1.54) is 17.7 Å². The molecule has 40 heavy (non-hydrogen) atoms. The van der Waals surface area contributed by atoms with Gasteiger partial charge in [0.15, 0.2) is 0 Å². The fraction of sp³-hybridized carbons (Fsp3) is 0.226. The molecule has 4 heterocycles. The highest BCUT2D eigenvalue weighted by Gasteiger charge is 2.18. The van der Waals surface area contributed by atoms with Crippen LogP contribution < -0.4 is 10.5 Å². The van der Waals surface area contributed by atoms with Gasteiger partial charge in [-0.05, 0) is 85.6 Å². The lowest BCUT2D eigenvalue weighted by Gasteiger charge is -2.36. The van der Waals surface area contributed by atoms with Crippen molar-refractivity contribution in [3.05, 3.63) is 100 Å². The van der Waals surface area contributed by atoms with Gasteiger partial charge in [-0.15, -0.1) is 0 Å². The quantitative estimate of drug-likeness (QED) is 0.323. The fourth-order valence-electron chi connectivity index (χ4n) is 5.45. The maximum atomic E-state index is 13.0. The van der Waals surface area contributed by atoms with Gasteiger partial charge < -0.3 is 15.0 Å². The number of hydrogen-bond acceptors (Lipinski definition) is 6. The summed E-state index contributed by atoms with van der Waals surface area (Å²) in [5.41, 5.74) is 4.94. The molecule has 3 aromatic heterocycles. The van der Waals surface area contributed by atoms with E-state index in [1.807, 2.05) is 42.5 Å². The Morgan fingerprint density at radius 3 is 2.50 bits per heavy atom. The molecule has 0 unspecified atom stereocenters. The third-order valence-corrected chi connectivity index (χ3v) is 7.66. The molecule has 2 N–H and O–H groups in total. The molecule has 1 fully saturated rings. The van der Waals surface area contributed by atoms with Crippen molar-refractivity contribution in [2.24, 2.45) is 0 Å². The van der Waals surface area contributed by atoms with Crippen molar-refractivity contribution < 1.29 is 9.90 Å². The summed E-state index contributed by atoms with van der Waals surface area (Å²) in [6.45, 7) is 4.88. The Balaban J connectivity index is 1.05. The number of hydrogen-bond donors (Lipinski definition) is 2. The normalized spacial score (nSPS) is 14.0. The van der Waals surface area contributed by atoms with Gasteiger partial charge in [-0.1, -0.05) is 0 Å². The molecular weight excluding hydrogens is 504 g/mol. The monoisotopic (exact) mass is 532 g/mol. The van der Waals surface area contributed by atoms with E-state index in [9.17, 15) is 14.9 Å². The van der Waals surface area contributed by atoms with Gasteiger partial charge >= 0.3 is 5.97 Å². The first-order chi connectivity index (χ1) is 19.5. The smallest absolute Gasteiger partial charge is 0.354 e. The molecule has 0 spiro atoms. The van der Waals surface area contributed by atoms with Crippen LogP contribution in [-0.2, 0) is 6.42 Å². The molecule has 0 saturated carbocycles. The largest absolute Gasteiger partial charge is 0.477 e. The van der Waals surface area contributed by atoms with E-state index in [0.717, 1.165) is 67.8 Å². The maximum absolute atomic E-state index is 13.0. The second kappa shape index (κ2) is 10.7. The molecular formula is C31H28N6O3.